The van der Waals surface area contributed by atoms with E-state index in [2.05, 4.69) is 50.0 Å². The maximum absolute atomic E-state index is 2.79. The smallest absolute Gasteiger partial charge is 0.00101 e. The molecule has 35 heavy (non-hydrogen) atoms. The molecule has 1 rings (SSSR count). The van der Waals surface area contributed by atoms with Crippen molar-refractivity contribution in [3.63, 3.8) is 0 Å². The van der Waals surface area contributed by atoms with Crippen molar-refractivity contribution in [1.29, 1.82) is 0 Å². The van der Waals surface area contributed by atoms with Gasteiger partial charge in [-0.25, -0.2) is 0 Å². The minimum atomic E-state index is 0.965. The molecule has 0 spiro atoms. The zero-order valence-electron chi connectivity index (χ0n) is 24.6. The van der Waals surface area contributed by atoms with E-state index in [1.807, 2.05) is 0 Å². The van der Waals surface area contributed by atoms with Gasteiger partial charge in [-0.05, 0) is 69.7 Å². The average molecular weight is 488 g/mol. The summed E-state index contributed by atoms with van der Waals surface area (Å²) in [4.78, 5) is 2.79. The molecule has 1 aliphatic heterocycles. The van der Waals surface area contributed by atoms with Crippen molar-refractivity contribution < 1.29 is 0 Å². The topological polar surface area (TPSA) is 3.24 Å². The maximum atomic E-state index is 2.79. The highest BCUT2D eigenvalue weighted by molar-refractivity contribution is 4.92. The second kappa shape index (κ2) is 25.1. The summed E-state index contributed by atoms with van der Waals surface area (Å²) in [6, 6.07) is 0. The molecule has 0 radical (unpaired) electrons. The largest absolute Gasteiger partial charge is 0.303 e. The third-order valence-corrected chi connectivity index (χ3v) is 8.24. The molecular weight excluding hydrogens is 422 g/mol. The highest BCUT2D eigenvalue weighted by Gasteiger charge is 2.23. The van der Waals surface area contributed by atoms with Gasteiger partial charge in [-0.3, -0.25) is 0 Å². The van der Waals surface area contributed by atoms with Crippen molar-refractivity contribution >= 4 is 0 Å². The molecule has 0 amide bonds. The lowest BCUT2D eigenvalue weighted by Crippen LogP contribution is -2.27. The van der Waals surface area contributed by atoms with Crippen molar-refractivity contribution in [2.24, 2.45) is 11.8 Å². The summed E-state index contributed by atoms with van der Waals surface area (Å²) in [6.45, 7) is 11.1. The average Bonchev–Trinajstić information content (AvgIpc) is 3.33. The van der Waals surface area contributed by atoms with E-state index in [1.54, 1.807) is 0 Å². The lowest BCUT2D eigenvalue weighted by Gasteiger charge is -2.24. The monoisotopic (exact) mass is 488 g/mol. The molecular formula is C34H65N. The van der Waals surface area contributed by atoms with Crippen LogP contribution in [-0.2, 0) is 0 Å². The van der Waals surface area contributed by atoms with Crippen molar-refractivity contribution in [1.82, 2.24) is 4.90 Å². The fraction of sp³-hybridized carbons (Fsp3) is 0.882. The van der Waals surface area contributed by atoms with Crippen LogP contribution >= 0.6 is 0 Å². The highest BCUT2D eigenvalue weighted by atomic mass is 15.1. The quantitative estimate of drug-likeness (QED) is 0.0913. The summed E-state index contributed by atoms with van der Waals surface area (Å²) in [5.74, 6) is 1.95. The van der Waals surface area contributed by atoms with Crippen LogP contribution in [-0.4, -0.2) is 24.5 Å². The van der Waals surface area contributed by atoms with E-state index in [0.717, 1.165) is 18.3 Å². The van der Waals surface area contributed by atoms with Crippen LogP contribution in [0.2, 0.25) is 0 Å². The van der Waals surface area contributed by atoms with Crippen LogP contribution in [0.3, 0.4) is 0 Å². The van der Waals surface area contributed by atoms with Crippen LogP contribution in [0, 0.1) is 11.8 Å². The molecule has 0 saturated carbocycles. The van der Waals surface area contributed by atoms with Gasteiger partial charge in [-0.1, -0.05) is 135 Å². The Kier molecular flexibility index (Phi) is 23.3. The number of nitrogens with zero attached hydrogens (tertiary/aromatic N) is 1. The Morgan fingerprint density at radius 1 is 0.629 bits per heavy atom. The number of hydrogen-bond donors (Lipinski definition) is 0. The van der Waals surface area contributed by atoms with Crippen molar-refractivity contribution in [2.45, 2.75) is 162 Å². The van der Waals surface area contributed by atoms with Crippen molar-refractivity contribution in [2.75, 3.05) is 19.6 Å². The van der Waals surface area contributed by atoms with Crippen molar-refractivity contribution in [3.05, 3.63) is 24.3 Å². The predicted octanol–water partition coefficient (Wildman–Crippen LogP) is 11.3. The van der Waals surface area contributed by atoms with Gasteiger partial charge < -0.3 is 4.90 Å². The Bertz CT molecular complexity index is 479. The van der Waals surface area contributed by atoms with Crippen LogP contribution in [0.4, 0.5) is 0 Å². The van der Waals surface area contributed by atoms with Crippen LogP contribution in [0.5, 0.6) is 0 Å². The normalized spacial score (nSPS) is 17.9. The molecule has 0 aromatic rings. The molecule has 0 N–H and O–H groups in total. The zero-order valence-corrected chi connectivity index (χ0v) is 24.6. The first-order valence-corrected chi connectivity index (χ1v) is 16.3. The number of unbranched alkanes of at least 4 members (excludes halogenated alkanes) is 14. The van der Waals surface area contributed by atoms with Crippen LogP contribution < -0.4 is 0 Å². The summed E-state index contributed by atoms with van der Waals surface area (Å²) >= 11 is 0. The number of rotatable bonds is 25. The Labute approximate surface area is 222 Å². The standard InChI is InChI=1S/C34H65N/c1-4-7-9-10-11-12-13-14-15-16-17-18-19-20-21-22-23-24-25-26-28-34(27-8-5-2)32-35-30-29-33(6-3)31-35/h11-12,14-15,33-34H,4-10,13,16-32H2,1-3H3/b12-11-,15-14-. The third-order valence-electron chi connectivity index (χ3n) is 8.24. The Balaban J connectivity index is 1.88. The van der Waals surface area contributed by atoms with Crippen LogP contribution in [0.25, 0.3) is 0 Å². The predicted molar refractivity (Wildman–Crippen MR) is 160 cm³/mol. The minimum Gasteiger partial charge on any atom is -0.303 e. The van der Waals surface area contributed by atoms with E-state index in [1.165, 1.54) is 154 Å². The van der Waals surface area contributed by atoms with Gasteiger partial charge in [0.25, 0.3) is 0 Å². The van der Waals surface area contributed by atoms with Crippen molar-refractivity contribution in [3.8, 4) is 0 Å². The van der Waals surface area contributed by atoms with E-state index in [4.69, 9.17) is 0 Å². The van der Waals surface area contributed by atoms with Gasteiger partial charge in [0.05, 0.1) is 0 Å². The number of likely N-dealkylation sites (tertiary alicyclic amines) is 1. The van der Waals surface area contributed by atoms with E-state index >= 15 is 0 Å². The Hall–Kier alpha value is -0.560. The van der Waals surface area contributed by atoms with Gasteiger partial charge in [0, 0.05) is 13.1 Å². The highest BCUT2D eigenvalue weighted by Crippen LogP contribution is 2.24. The van der Waals surface area contributed by atoms with E-state index in [9.17, 15) is 0 Å². The molecule has 1 heteroatoms. The van der Waals surface area contributed by atoms with Gasteiger partial charge in [0.15, 0.2) is 0 Å². The molecule has 1 heterocycles. The first-order valence-electron chi connectivity index (χ1n) is 16.3. The van der Waals surface area contributed by atoms with Crippen LogP contribution in [0.1, 0.15) is 162 Å². The molecule has 0 aromatic heterocycles. The third kappa shape index (κ3) is 20.2. The summed E-state index contributed by atoms with van der Waals surface area (Å²) in [7, 11) is 0. The van der Waals surface area contributed by atoms with Gasteiger partial charge in [-0.15, -0.1) is 0 Å². The van der Waals surface area contributed by atoms with Gasteiger partial charge in [0.1, 0.15) is 0 Å². The second-order valence-electron chi connectivity index (χ2n) is 11.6. The molecule has 2 atom stereocenters. The molecule has 1 saturated heterocycles. The van der Waals surface area contributed by atoms with Gasteiger partial charge in [0.2, 0.25) is 0 Å². The number of hydrogen-bond acceptors (Lipinski definition) is 1. The lowest BCUT2D eigenvalue weighted by atomic mass is 9.94. The second-order valence-corrected chi connectivity index (χ2v) is 11.6. The van der Waals surface area contributed by atoms with Crippen LogP contribution in [0.15, 0.2) is 24.3 Å². The fourth-order valence-corrected chi connectivity index (χ4v) is 5.73. The molecule has 1 aliphatic rings. The summed E-state index contributed by atoms with van der Waals surface area (Å²) in [5, 5.41) is 0. The minimum absolute atomic E-state index is 0.965. The Morgan fingerprint density at radius 3 is 1.74 bits per heavy atom. The molecule has 0 aromatic carbocycles. The molecule has 1 nitrogen and oxygen atoms in total. The number of allylic oxidation sites excluding steroid dienone is 4. The molecule has 0 bridgehead atoms. The summed E-state index contributed by atoms with van der Waals surface area (Å²) in [6.07, 6.45) is 40.3. The Morgan fingerprint density at radius 2 is 1.17 bits per heavy atom. The van der Waals surface area contributed by atoms with E-state index in [0.29, 0.717) is 0 Å². The van der Waals surface area contributed by atoms with E-state index in [-0.39, 0.29) is 0 Å². The summed E-state index contributed by atoms with van der Waals surface area (Å²) < 4.78 is 0. The first kappa shape index (κ1) is 32.5. The lowest BCUT2D eigenvalue weighted by molar-refractivity contribution is 0.244. The maximum Gasteiger partial charge on any atom is 0.00101 e. The fourth-order valence-electron chi connectivity index (χ4n) is 5.73. The SMILES string of the molecule is CCCCC/C=C\C/C=C\CCCCCCCCCCCCC(CCCC)CN1CCC(CC)C1. The summed E-state index contributed by atoms with van der Waals surface area (Å²) in [5.41, 5.74) is 0. The molecule has 2 unspecified atom stereocenters. The molecule has 206 valence electrons. The molecule has 0 aliphatic carbocycles. The molecule has 1 fully saturated rings. The zero-order chi connectivity index (χ0) is 25.2. The first-order chi connectivity index (χ1) is 17.3. The van der Waals surface area contributed by atoms with Gasteiger partial charge >= 0.3 is 0 Å². The van der Waals surface area contributed by atoms with E-state index < -0.39 is 0 Å². The van der Waals surface area contributed by atoms with Gasteiger partial charge in [-0.2, -0.15) is 0 Å².